The fraction of sp³-hybridized carbons (Fsp3) is 0.333. The topological polar surface area (TPSA) is 73.1 Å². The number of aromatic nitrogens is 2. The Morgan fingerprint density at radius 3 is 2.61 bits per heavy atom. The van der Waals surface area contributed by atoms with Crippen LogP contribution in [0.5, 0.6) is 5.75 Å². The summed E-state index contributed by atoms with van der Waals surface area (Å²) in [4.78, 5) is 9.11. The number of hydrogen-bond acceptors (Lipinski definition) is 6. The Labute approximate surface area is 194 Å². The number of benzene rings is 2. The van der Waals surface area contributed by atoms with E-state index < -0.39 is 17.8 Å². The van der Waals surface area contributed by atoms with Crippen molar-refractivity contribution in [1.29, 1.82) is 0 Å². The molecule has 174 valence electrons. The van der Waals surface area contributed by atoms with Gasteiger partial charge in [0.2, 0.25) is 0 Å². The fourth-order valence-corrected chi connectivity index (χ4v) is 4.80. The molecule has 2 aromatic carbocycles. The summed E-state index contributed by atoms with van der Waals surface area (Å²) in [5, 5.41) is 4.06. The second kappa shape index (κ2) is 9.13. The first kappa shape index (κ1) is 23.2. The normalized spacial score (nSPS) is 15.3. The van der Waals surface area contributed by atoms with Gasteiger partial charge in [-0.05, 0) is 61.4 Å². The first-order valence-electron chi connectivity index (χ1n) is 10.5. The largest absolute Gasteiger partial charge is 0.496 e. The van der Waals surface area contributed by atoms with Gasteiger partial charge in [-0.1, -0.05) is 6.08 Å². The van der Waals surface area contributed by atoms with E-state index in [0.717, 1.165) is 46.8 Å². The molecule has 3 aromatic rings. The minimum atomic E-state index is -4.47. The van der Waals surface area contributed by atoms with Gasteiger partial charge in [-0.25, -0.2) is 9.97 Å². The Hall–Kier alpha value is -2.94. The highest BCUT2D eigenvalue weighted by Gasteiger charge is 2.31. The molecule has 4 rings (SSSR count). The lowest BCUT2D eigenvalue weighted by Gasteiger charge is -2.20. The van der Waals surface area contributed by atoms with E-state index in [9.17, 15) is 13.2 Å². The molecular weight excluding hydrogens is 449 g/mol. The molecule has 0 saturated heterocycles. The number of halogens is 3. The summed E-state index contributed by atoms with van der Waals surface area (Å²) in [7, 11) is 1.64. The third-order valence-electron chi connectivity index (χ3n) is 5.60. The number of nitrogens with one attached hydrogen (secondary N) is 1. The molecule has 33 heavy (non-hydrogen) atoms. The van der Waals surface area contributed by atoms with Crippen LogP contribution in [0.15, 0.2) is 36.4 Å². The highest BCUT2D eigenvalue weighted by atomic mass is 32.2. The summed E-state index contributed by atoms with van der Waals surface area (Å²) in [6, 6.07) is 7.02. The third-order valence-corrected chi connectivity index (χ3v) is 6.49. The molecule has 2 heterocycles. The quantitative estimate of drug-likeness (QED) is 0.427. The van der Waals surface area contributed by atoms with E-state index >= 15 is 0 Å². The summed E-state index contributed by atoms with van der Waals surface area (Å²) in [5.74, 6) is 3.82. The first-order valence-corrected chi connectivity index (χ1v) is 11.7. The Bertz CT molecular complexity index is 1230. The second-order valence-corrected chi connectivity index (χ2v) is 9.15. The van der Waals surface area contributed by atoms with Gasteiger partial charge < -0.3 is 15.8 Å². The zero-order chi connectivity index (χ0) is 23.8. The molecule has 3 N–H and O–H groups in total. The minimum absolute atomic E-state index is 0.0614. The SMILES string of the molecule is COc1cc2nc(C)nc(NC(C)c3cc(N)cc(C(F)(F)F)c3)c2cc1C1=CCSCC1. The average Bonchev–Trinajstić information content (AvgIpc) is 2.77. The number of nitrogens with two attached hydrogens (primary N) is 1. The van der Waals surface area contributed by atoms with Gasteiger partial charge >= 0.3 is 6.18 Å². The Balaban J connectivity index is 1.77. The number of aryl methyl sites for hydroxylation is 1. The number of anilines is 2. The van der Waals surface area contributed by atoms with E-state index in [1.54, 1.807) is 27.0 Å². The number of allylic oxidation sites excluding steroid dienone is 1. The number of alkyl halides is 3. The average molecular weight is 475 g/mol. The molecular formula is C24H25F3N4OS. The zero-order valence-corrected chi connectivity index (χ0v) is 19.4. The lowest BCUT2D eigenvalue weighted by atomic mass is 9.99. The van der Waals surface area contributed by atoms with Crippen LogP contribution in [0, 0.1) is 6.92 Å². The van der Waals surface area contributed by atoms with Crippen molar-refractivity contribution in [2.75, 3.05) is 29.7 Å². The van der Waals surface area contributed by atoms with Crippen molar-refractivity contribution >= 4 is 39.7 Å². The predicted octanol–water partition coefficient (Wildman–Crippen LogP) is 6.24. The molecule has 5 nitrogen and oxygen atoms in total. The molecule has 0 aliphatic carbocycles. The van der Waals surface area contributed by atoms with Gasteiger partial charge in [0.1, 0.15) is 17.4 Å². The summed E-state index contributed by atoms with van der Waals surface area (Å²) in [5.41, 5.74) is 8.36. The van der Waals surface area contributed by atoms with Crippen LogP contribution in [-0.2, 0) is 6.18 Å². The van der Waals surface area contributed by atoms with Crippen molar-refractivity contribution in [3.63, 3.8) is 0 Å². The smallest absolute Gasteiger partial charge is 0.416 e. The van der Waals surface area contributed by atoms with Gasteiger partial charge in [-0.3, -0.25) is 0 Å². The number of fused-ring (bicyclic) bond motifs is 1. The van der Waals surface area contributed by atoms with Gasteiger partial charge in [-0.15, -0.1) is 0 Å². The molecule has 9 heteroatoms. The van der Waals surface area contributed by atoms with Gasteiger partial charge in [0.05, 0.1) is 24.2 Å². The van der Waals surface area contributed by atoms with Gasteiger partial charge in [0.15, 0.2) is 0 Å². The van der Waals surface area contributed by atoms with Crippen LogP contribution in [0.1, 0.15) is 41.9 Å². The second-order valence-electron chi connectivity index (χ2n) is 8.00. The Morgan fingerprint density at radius 1 is 1.15 bits per heavy atom. The van der Waals surface area contributed by atoms with Crippen LogP contribution in [0.2, 0.25) is 0 Å². The van der Waals surface area contributed by atoms with E-state index in [1.807, 2.05) is 23.9 Å². The van der Waals surface area contributed by atoms with Crippen LogP contribution >= 0.6 is 11.8 Å². The van der Waals surface area contributed by atoms with E-state index in [-0.39, 0.29) is 5.69 Å². The molecule has 1 aromatic heterocycles. The number of ether oxygens (including phenoxy) is 1. The van der Waals surface area contributed by atoms with Crippen molar-refractivity contribution in [2.24, 2.45) is 0 Å². The highest BCUT2D eigenvalue weighted by molar-refractivity contribution is 7.99. The Morgan fingerprint density at radius 2 is 1.94 bits per heavy atom. The molecule has 1 aliphatic heterocycles. The van der Waals surface area contributed by atoms with Crippen LogP contribution in [0.3, 0.4) is 0 Å². The monoisotopic (exact) mass is 474 g/mol. The van der Waals surface area contributed by atoms with Crippen LogP contribution in [0.25, 0.3) is 16.5 Å². The van der Waals surface area contributed by atoms with E-state index in [0.29, 0.717) is 22.7 Å². The summed E-state index contributed by atoms with van der Waals surface area (Å²) in [6.45, 7) is 3.56. The molecule has 1 atom stereocenters. The van der Waals surface area contributed by atoms with Crippen molar-refractivity contribution in [1.82, 2.24) is 9.97 Å². The number of nitrogens with zero attached hydrogens (tertiary/aromatic N) is 2. The summed E-state index contributed by atoms with van der Waals surface area (Å²) >= 11 is 1.88. The molecule has 0 fully saturated rings. The Kier molecular flexibility index (Phi) is 6.43. The lowest BCUT2D eigenvalue weighted by molar-refractivity contribution is -0.137. The molecule has 0 amide bonds. The van der Waals surface area contributed by atoms with E-state index in [1.165, 1.54) is 5.57 Å². The van der Waals surface area contributed by atoms with Crippen LogP contribution < -0.4 is 15.8 Å². The molecule has 0 saturated carbocycles. The van der Waals surface area contributed by atoms with Gasteiger partial charge in [-0.2, -0.15) is 24.9 Å². The standard InChI is InChI=1S/C24H25F3N4OS/c1-13(16-8-17(24(25,26)27)10-18(28)9-16)29-23-20-11-19(15-4-6-33-7-5-15)22(32-3)12-21(20)30-14(2)31-23/h4,8-13H,5-7,28H2,1-3H3,(H,29,30,31). The molecule has 0 spiro atoms. The first-order chi connectivity index (χ1) is 15.7. The maximum Gasteiger partial charge on any atom is 0.416 e. The highest BCUT2D eigenvalue weighted by Crippen LogP contribution is 2.38. The van der Waals surface area contributed by atoms with Crippen molar-refractivity contribution in [3.8, 4) is 5.75 Å². The number of rotatable bonds is 5. The number of thioether (sulfide) groups is 1. The minimum Gasteiger partial charge on any atom is -0.496 e. The summed E-state index contributed by atoms with van der Waals surface area (Å²) in [6.07, 6.45) is -1.34. The maximum absolute atomic E-state index is 13.3. The number of methoxy groups -OCH3 is 1. The number of hydrogen-bond donors (Lipinski definition) is 2. The number of nitrogen functional groups attached to an aromatic ring is 1. The summed E-state index contributed by atoms with van der Waals surface area (Å²) < 4.78 is 45.5. The lowest BCUT2D eigenvalue weighted by Crippen LogP contribution is -2.13. The molecule has 1 unspecified atom stereocenters. The van der Waals surface area contributed by atoms with Crippen LogP contribution in [-0.4, -0.2) is 28.6 Å². The van der Waals surface area contributed by atoms with Gasteiger partial charge in [0.25, 0.3) is 0 Å². The maximum atomic E-state index is 13.3. The zero-order valence-electron chi connectivity index (χ0n) is 18.6. The predicted molar refractivity (Wildman–Crippen MR) is 129 cm³/mol. The fourth-order valence-electron chi connectivity index (χ4n) is 3.95. The third kappa shape index (κ3) is 5.03. The van der Waals surface area contributed by atoms with Crippen molar-refractivity contribution in [3.05, 3.63) is 58.9 Å². The van der Waals surface area contributed by atoms with Crippen LogP contribution in [0.4, 0.5) is 24.7 Å². The van der Waals surface area contributed by atoms with Crippen molar-refractivity contribution < 1.29 is 17.9 Å². The molecule has 0 bridgehead atoms. The van der Waals surface area contributed by atoms with Gasteiger partial charge in [0, 0.05) is 28.5 Å². The molecule has 1 aliphatic rings. The van der Waals surface area contributed by atoms with E-state index in [2.05, 4.69) is 21.4 Å². The molecule has 0 radical (unpaired) electrons. The van der Waals surface area contributed by atoms with E-state index in [4.69, 9.17) is 10.5 Å². The van der Waals surface area contributed by atoms with Crippen molar-refractivity contribution in [2.45, 2.75) is 32.5 Å².